The van der Waals surface area contributed by atoms with Crippen LogP contribution in [0.3, 0.4) is 0 Å². The predicted molar refractivity (Wildman–Crippen MR) is 92.7 cm³/mol. The van der Waals surface area contributed by atoms with Crippen LogP contribution in [0.1, 0.15) is 75.1 Å². The Morgan fingerprint density at radius 1 is 1.10 bits per heavy atom. The Morgan fingerprint density at radius 2 is 1.81 bits per heavy atom. The highest BCUT2D eigenvalue weighted by Crippen LogP contribution is 2.39. The molecule has 1 aliphatic carbocycles. The molecule has 1 atom stereocenters. The Bertz CT molecular complexity index is 429. The van der Waals surface area contributed by atoms with Crippen molar-refractivity contribution < 1.29 is 0 Å². The molecule has 1 aromatic carbocycles. The molecule has 0 amide bonds. The van der Waals surface area contributed by atoms with Crippen molar-refractivity contribution in [2.45, 2.75) is 72.3 Å². The maximum Gasteiger partial charge on any atom is 0.0351 e. The van der Waals surface area contributed by atoms with E-state index in [1.807, 2.05) is 0 Å². The average molecular weight is 287 g/mol. The third kappa shape index (κ3) is 4.32. The first-order valence-corrected chi connectivity index (χ1v) is 8.96. The maximum absolute atomic E-state index is 3.78. The molecule has 1 aromatic rings. The van der Waals surface area contributed by atoms with Crippen LogP contribution in [-0.4, -0.2) is 6.54 Å². The van der Waals surface area contributed by atoms with E-state index in [0.717, 1.165) is 18.4 Å². The molecule has 0 heterocycles. The minimum atomic E-state index is 0.553. The van der Waals surface area contributed by atoms with Crippen molar-refractivity contribution in [3.8, 4) is 0 Å². The van der Waals surface area contributed by atoms with E-state index in [4.69, 9.17) is 0 Å². The summed E-state index contributed by atoms with van der Waals surface area (Å²) in [4.78, 5) is 0. The van der Waals surface area contributed by atoms with Crippen LogP contribution in [0.4, 0.5) is 0 Å². The average Bonchev–Trinajstić information content (AvgIpc) is 2.49. The fourth-order valence-electron chi connectivity index (χ4n) is 4.06. The van der Waals surface area contributed by atoms with Crippen molar-refractivity contribution in [1.29, 1.82) is 0 Å². The van der Waals surface area contributed by atoms with Gasteiger partial charge in [0.2, 0.25) is 0 Å². The molecule has 21 heavy (non-hydrogen) atoms. The van der Waals surface area contributed by atoms with Gasteiger partial charge in [0.15, 0.2) is 0 Å². The molecule has 0 radical (unpaired) electrons. The molecule has 1 nitrogen and oxygen atoms in total. The zero-order valence-corrected chi connectivity index (χ0v) is 14.4. The van der Waals surface area contributed by atoms with E-state index in [1.165, 1.54) is 55.2 Å². The topological polar surface area (TPSA) is 12.0 Å². The van der Waals surface area contributed by atoms with Crippen LogP contribution < -0.4 is 5.32 Å². The molecule has 0 bridgehead atoms. The molecule has 2 rings (SSSR count). The third-order valence-electron chi connectivity index (χ3n) is 5.25. The van der Waals surface area contributed by atoms with Crippen LogP contribution in [0.25, 0.3) is 0 Å². The van der Waals surface area contributed by atoms with E-state index in [0.29, 0.717) is 6.04 Å². The minimum absolute atomic E-state index is 0.553. The minimum Gasteiger partial charge on any atom is -0.310 e. The Morgan fingerprint density at radius 3 is 2.43 bits per heavy atom. The summed E-state index contributed by atoms with van der Waals surface area (Å²) in [6.07, 6.45) is 8.45. The molecule has 1 unspecified atom stereocenters. The fourth-order valence-corrected chi connectivity index (χ4v) is 4.06. The molecular formula is C20H33N. The van der Waals surface area contributed by atoms with Crippen molar-refractivity contribution in [3.63, 3.8) is 0 Å². The SMILES string of the molecule is CCCC1CCC(C(NCC)c2cc(C)ccc2C)CC1. The van der Waals surface area contributed by atoms with Crippen molar-refractivity contribution in [1.82, 2.24) is 5.32 Å². The molecule has 1 aliphatic rings. The highest BCUT2D eigenvalue weighted by molar-refractivity contribution is 5.33. The summed E-state index contributed by atoms with van der Waals surface area (Å²) in [6.45, 7) is 10.1. The molecule has 0 aliphatic heterocycles. The van der Waals surface area contributed by atoms with Gasteiger partial charge in [-0.15, -0.1) is 0 Å². The standard InChI is InChI=1S/C20H33N/c1-5-7-17-10-12-18(13-11-17)20(21-6-2)19-14-15(3)8-9-16(19)4/h8-9,14,17-18,20-21H,5-7,10-13H2,1-4H3. The lowest BCUT2D eigenvalue weighted by Crippen LogP contribution is -2.31. The summed E-state index contributed by atoms with van der Waals surface area (Å²) in [5, 5.41) is 3.78. The quantitative estimate of drug-likeness (QED) is 0.722. The van der Waals surface area contributed by atoms with Crippen LogP contribution >= 0.6 is 0 Å². The lowest BCUT2D eigenvalue weighted by molar-refractivity contribution is 0.215. The predicted octanol–water partition coefficient (Wildman–Crippen LogP) is 5.56. The van der Waals surface area contributed by atoms with E-state index < -0.39 is 0 Å². The number of aryl methyl sites for hydroxylation is 2. The molecule has 1 fully saturated rings. The van der Waals surface area contributed by atoms with E-state index >= 15 is 0 Å². The molecule has 1 saturated carbocycles. The number of benzene rings is 1. The van der Waals surface area contributed by atoms with Gasteiger partial charge >= 0.3 is 0 Å². The Kier molecular flexibility index (Phi) is 6.29. The van der Waals surface area contributed by atoms with Crippen molar-refractivity contribution in [2.75, 3.05) is 6.54 Å². The first-order chi connectivity index (χ1) is 10.2. The van der Waals surface area contributed by atoms with Crippen molar-refractivity contribution >= 4 is 0 Å². The second-order valence-electron chi connectivity index (χ2n) is 6.96. The lowest BCUT2D eigenvalue weighted by atomic mass is 9.75. The van der Waals surface area contributed by atoms with Crippen LogP contribution in [0.15, 0.2) is 18.2 Å². The lowest BCUT2D eigenvalue weighted by Gasteiger charge is -2.35. The largest absolute Gasteiger partial charge is 0.310 e. The summed E-state index contributed by atoms with van der Waals surface area (Å²) in [7, 11) is 0. The van der Waals surface area contributed by atoms with Crippen LogP contribution in [0.5, 0.6) is 0 Å². The number of rotatable bonds is 6. The van der Waals surface area contributed by atoms with Gasteiger partial charge in [0.25, 0.3) is 0 Å². The van der Waals surface area contributed by atoms with Gasteiger partial charge < -0.3 is 5.32 Å². The summed E-state index contributed by atoms with van der Waals surface area (Å²) < 4.78 is 0. The summed E-state index contributed by atoms with van der Waals surface area (Å²) >= 11 is 0. The van der Waals surface area contributed by atoms with Gasteiger partial charge in [-0.3, -0.25) is 0 Å². The monoisotopic (exact) mass is 287 g/mol. The van der Waals surface area contributed by atoms with Crippen molar-refractivity contribution in [2.24, 2.45) is 11.8 Å². The highest BCUT2D eigenvalue weighted by Gasteiger charge is 2.28. The van der Waals surface area contributed by atoms with E-state index in [1.54, 1.807) is 0 Å². The van der Waals surface area contributed by atoms with Gasteiger partial charge in [0, 0.05) is 6.04 Å². The van der Waals surface area contributed by atoms with Gasteiger partial charge in [-0.2, -0.15) is 0 Å². The van der Waals surface area contributed by atoms with E-state index in [-0.39, 0.29) is 0 Å². The summed E-state index contributed by atoms with van der Waals surface area (Å²) in [6, 6.07) is 7.48. The second-order valence-corrected chi connectivity index (χ2v) is 6.96. The Hall–Kier alpha value is -0.820. The zero-order valence-electron chi connectivity index (χ0n) is 14.4. The van der Waals surface area contributed by atoms with Gasteiger partial charge in [0.1, 0.15) is 0 Å². The molecule has 1 N–H and O–H groups in total. The number of nitrogens with one attached hydrogen (secondary N) is 1. The van der Waals surface area contributed by atoms with Crippen molar-refractivity contribution in [3.05, 3.63) is 34.9 Å². The zero-order chi connectivity index (χ0) is 15.2. The maximum atomic E-state index is 3.78. The molecular weight excluding hydrogens is 254 g/mol. The van der Waals surface area contributed by atoms with Gasteiger partial charge in [-0.05, 0) is 56.2 Å². The first kappa shape index (κ1) is 16.5. The molecule has 1 heteroatoms. The normalized spacial score (nSPS) is 24.0. The van der Waals surface area contributed by atoms with E-state index in [9.17, 15) is 0 Å². The Balaban J connectivity index is 2.11. The smallest absolute Gasteiger partial charge is 0.0351 e. The van der Waals surface area contributed by atoms with Crippen LogP contribution in [0, 0.1) is 25.7 Å². The van der Waals surface area contributed by atoms with Crippen LogP contribution in [0.2, 0.25) is 0 Å². The van der Waals surface area contributed by atoms with Gasteiger partial charge in [0.05, 0.1) is 0 Å². The molecule has 0 saturated heterocycles. The molecule has 0 spiro atoms. The Labute approximate surface area is 131 Å². The number of hydrogen-bond acceptors (Lipinski definition) is 1. The number of hydrogen-bond donors (Lipinski definition) is 1. The third-order valence-corrected chi connectivity index (χ3v) is 5.25. The van der Waals surface area contributed by atoms with Crippen LogP contribution in [-0.2, 0) is 0 Å². The van der Waals surface area contributed by atoms with Gasteiger partial charge in [-0.25, -0.2) is 0 Å². The van der Waals surface area contributed by atoms with E-state index in [2.05, 4.69) is 51.2 Å². The molecule has 118 valence electrons. The first-order valence-electron chi connectivity index (χ1n) is 8.96. The fraction of sp³-hybridized carbons (Fsp3) is 0.700. The van der Waals surface area contributed by atoms with Gasteiger partial charge in [-0.1, -0.05) is 63.3 Å². The molecule has 0 aromatic heterocycles. The highest BCUT2D eigenvalue weighted by atomic mass is 14.9. The summed E-state index contributed by atoms with van der Waals surface area (Å²) in [5.74, 6) is 1.81. The summed E-state index contributed by atoms with van der Waals surface area (Å²) in [5.41, 5.74) is 4.37. The second kappa shape index (κ2) is 7.98.